The molecule has 2 unspecified atom stereocenters. The first kappa shape index (κ1) is 21.9. The largest absolute Gasteiger partial charge is 0.359 e. The van der Waals surface area contributed by atoms with E-state index in [0.717, 1.165) is 28.1 Å². The lowest BCUT2D eigenvalue weighted by atomic mass is 10.0. The molecule has 0 radical (unpaired) electrons. The van der Waals surface area contributed by atoms with Gasteiger partial charge in [0.15, 0.2) is 6.17 Å². The van der Waals surface area contributed by atoms with Gasteiger partial charge < -0.3 is 5.32 Å². The van der Waals surface area contributed by atoms with Crippen LogP contribution in [-0.2, 0) is 0 Å². The summed E-state index contributed by atoms with van der Waals surface area (Å²) < 4.78 is 0. The van der Waals surface area contributed by atoms with Crippen molar-refractivity contribution in [1.82, 2.24) is 15.8 Å². The maximum atomic E-state index is 6.39. The fourth-order valence-corrected chi connectivity index (χ4v) is 4.49. The van der Waals surface area contributed by atoms with Gasteiger partial charge in [-0.15, -0.1) is 0 Å². The van der Waals surface area contributed by atoms with Crippen molar-refractivity contribution in [3.63, 3.8) is 0 Å². The number of nitrogens with zero attached hydrogens (tertiary/aromatic N) is 3. The molecule has 0 amide bonds. The van der Waals surface area contributed by atoms with Crippen molar-refractivity contribution in [2.24, 2.45) is 15.9 Å². The lowest BCUT2D eigenvalue weighted by molar-refractivity contribution is 0.293. The maximum Gasteiger partial charge on any atom is 0.160 e. The third kappa shape index (κ3) is 4.20. The van der Waals surface area contributed by atoms with Crippen LogP contribution in [0.25, 0.3) is 5.70 Å². The van der Waals surface area contributed by atoms with Gasteiger partial charge in [0.2, 0.25) is 0 Å². The van der Waals surface area contributed by atoms with Gasteiger partial charge in [-0.05, 0) is 56.0 Å². The first-order valence-corrected chi connectivity index (χ1v) is 11.5. The van der Waals surface area contributed by atoms with Crippen molar-refractivity contribution in [2.75, 3.05) is 0 Å². The molecular formula is C28H30N6. The number of nitrogens with two attached hydrogens (primary N) is 1. The zero-order valence-corrected chi connectivity index (χ0v) is 20.0. The lowest BCUT2D eigenvalue weighted by Crippen LogP contribution is -2.33. The van der Waals surface area contributed by atoms with Gasteiger partial charge in [0, 0.05) is 17.3 Å². The first-order chi connectivity index (χ1) is 16.4. The highest BCUT2D eigenvalue weighted by Crippen LogP contribution is 2.30. The Hall–Kier alpha value is -3.90. The van der Waals surface area contributed by atoms with Crippen molar-refractivity contribution in [3.8, 4) is 0 Å². The summed E-state index contributed by atoms with van der Waals surface area (Å²) >= 11 is 0. The monoisotopic (exact) mass is 450 g/mol. The number of nitrogens with one attached hydrogen (secondary N) is 2. The predicted octanol–water partition coefficient (Wildman–Crippen LogP) is 4.77. The smallest absolute Gasteiger partial charge is 0.160 e. The van der Waals surface area contributed by atoms with Crippen molar-refractivity contribution < 1.29 is 0 Å². The van der Waals surface area contributed by atoms with Crippen molar-refractivity contribution in [1.29, 1.82) is 0 Å². The molecule has 0 saturated carbocycles. The van der Waals surface area contributed by atoms with Gasteiger partial charge in [-0.25, -0.2) is 5.84 Å². The average Bonchev–Trinajstić information content (AvgIpc) is 3.23. The Balaban J connectivity index is 1.42. The number of benzene rings is 3. The third-order valence-electron chi connectivity index (χ3n) is 6.45. The van der Waals surface area contributed by atoms with E-state index in [2.05, 4.69) is 98.1 Å². The summed E-state index contributed by atoms with van der Waals surface area (Å²) in [6, 6.07) is 21.2. The van der Waals surface area contributed by atoms with Gasteiger partial charge in [-0.3, -0.25) is 15.4 Å². The predicted molar refractivity (Wildman–Crippen MR) is 139 cm³/mol. The standard InChI is InChI=1S/C28H30N6/c1-17-8-10-19(3)23(12-17)27-31-25(15-30-33-27)21-6-5-7-22(14-21)26-16-34(29)28(32-26)24-13-18(2)9-11-20(24)4/h5-16,27-28,32-33H,29H2,1-4H3. The Morgan fingerprint density at radius 1 is 0.824 bits per heavy atom. The minimum absolute atomic E-state index is 0.106. The Bertz CT molecular complexity index is 1340. The highest BCUT2D eigenvalue weighted by atomic mass is 15.5. The molecule has 6 heteroatoms. The molecule has 3 aromatic rings. The van der Waals surface area contributed by atoms with Crippen LogP contribution in [0.5, 0.6) is 0 Å². The van der Waals surface area contributed by atoms with Crippen molar-refractivity contribution >= 4 is 17.6 Å². The normalized spacial score (nSPS) is 19.4. The highest BCUT2D eigenvalue weighted by Gasteiger charge is 2.26. The summed E-state index contributed by atoms with van der Waals surface area (Å²) in [5, 5.41) is 9.74. The number of aliphatic imine (C=N–C) groups is 1. The molecule has 6 nitrogen and oxygen atoms in total. The first-order valence-electron chi connectivity index (χ1n) is 11.5. The van der Waals surface area contributed by atoms with E-state index in [1.807, 2.05) is 12.3 Å². The van der Waals surface area contributed by atoms with Crippen LogP contribution >= 0.6 is 0 Å². The Morgan fingerprint density at radius 3 is 2.26 bits per heavy atom. The molecule has 3 aromatic carbocycles. The number of hydrogen-bond donors (Lipinski definition) is 3. The molecule has 0 fully saturated rings. The van der Waals surface area contributed by atoms with Crippen LogP contribution in [0.1, 0.15) is 56.8 Å². The highest BCUT2D eigenvalue weighted by molar-refractivity contribution is 6.38. The quantitative estimate of drug-likeness (QED) is 0.500. The van der Waals surface area contributed by atoms with Gasteiger partial charge in [0.1, 0.15) is 6.17 Å². The fraction of sp³-hybridized carbons (Fsp3) is 0.214. The molecule has 0 saturated heterocycles. The zero-order chi connectivity index (χ0) is 23.8. The average molecular weight is 451 g/mol. The molecular weight excluding hydrogens is 420 g/mol. The molecule has 172 valence electrons. The second kappa shape index (κ2) is 8.80. The van der Waals surface area contributed by atoms with Crippen molar-refractivity contribution in [3.05, 3.63) is 111 Å². The SMILES string of the molecule is Cc1ccc(C)c(C2N=C(c3cccc(C4=CN(N)C(c5cc(C)ccc5C)N4)c3)C=NN2)c1. The molecule has 0 aliphatic carbocycles. The molecule has 2 aliphatic rings. The minimum Gasteiger partial charge on any atom is -0.359 e. The summed E-state index contributed by atoms with van der Waals surface area (Å²) in [5.74, 6) is 6.39. The van der Waals surface area contributed by atoms with Gasteiger partial charge in [0.25, 0.3) is 0 Å². The number of aryl methyl sites for hydroxylation is 4. The molecule has 5 rings (SSSR count). The van der Waals surface area contributed by atoms with E-state index in [1.54, 1.807) is 11.2 Å². The molecule has 2 aliphatic heterocycles. The van der Waals surface area contributed by atoms with Crippen LogP contribution in [-0.4, -0.2) is 16.9 Å². The fourth-order valence-electron chi connectivity index (χ4n) is 4.49. The molecule has 34 heavy (non-hydrogen) atoms. The number of hydrazone groups is 1. The van der Waals surface area contributed by atoms with Crippen LogP contribution in [0.2, 0.25) is 0 Å². The zero-order valence-electron chi connectivity index (χ0n) is 20.0. The molecule has 4 N–H and O–H groups in total. The van der Waals surface area contributed by atoms with Gasteiger partial charge in [-0.1, -0.05) is 65.7 Å². The Morgan fingerprint density at radius 2 is 1.50 bits per heavy atom. The van der Waals surface area contributed by atoms with Crippen molar-refractivity contribution in [2.45, 2.75) is 40.0 Å². The number of hydrogen-bond acceptors (Lipinski definition) is 6. The molecule has 2 heterocycles. The number of hydrazine groups is 1. The Labute approximate surface area is 200 Å². The van der Waals surface area contributed by atoms with E-state index < -0.39 is 0 Å². The summed E-state index contributed by atoms with van der Waals surface area (Å²) in [6.45, 7) is 8.42. The van der Waals surface area contributed by atoms with Gasteiger partial charge >= 0.3 is 0 Å². The van der Waals surface area contributed by atoms with E-state index in [1.165, 1.54) is 27.8 Å². The Kier molecular flexibility index (Phi) is 5.67. The van der Waals surface area contributed by atoms with Gasteiger partial charge in [0.05, 0.1) is 17.6 Å². The molecule has 0 spiro atoms. The summed E-state index contributed by atoms with van der Waals surface area (Å²) in [4.78, 5) is 4.97. The second-order valence-corrected chi connectivity index (χ2v) is 9.14. The summed E-state index contributed by atoms with van der Waals surface area (Å²) in [6.07, 6.45) is 3.43. The van der Waals surface area contributed by atoms with E-state index >= 15 is 0 Å². The summed E-state index contributed by atoms with van der Waals surface area (Å²) in [5.41, 5.74) is 14.2. The topological polar surface area (TPSA) is 78.0 Å². The van der Waals surface area contributed by atoms with E-state index in [-0.39, 0.29) is 12.3 Å². The molecule has 0 bridgehead atoms. The minimum atomic E-state index is -0.208. The maximum absolute atomic E-state index is 6.39. The van der Waals surface area contributed by atoms with Crippen LogP contribution < -0.4 is 16.6 Å². The van der Waals surface area contributed by atoms with E-state index in [9.17, 15) is 0 Å². The summed E-state index contributed by atoms with van der Waals surface area (Å²) in [7, 11) is 0. The van der Waals surface area contributed by atoms with E-state index in [0.29, 0.717) is 0 Å². The van der Waals surface area contributed by atoms with Crippen LogP contribution in [0.15, 0.2) is 77.0 Å². The van der Waals surface area contributed by atoms with Crippen LogP contribution in [0.4, 0.5) is 0 Å². The van der Waals surface area contributed by atoms with E-state index in [4.69, 9.17) is 10.8 Å². The van der Waals surface area contributed by atoms with Crippen LogP contribution in [0.3, 0.4) is 0 Å². The molecule has 2 atom stereocenters. The number of rotatable bonds is 4. The lowest BCUT2D eigenvalue weighted by Gasteiger charge is -2.23. The third-order valence-corrected chi connectivity index (χ3v) is 6.45. The second-order valence-electron chi connectivity index (χ2n) is 9.14. The van der Waals surface area contributed by atoms with Gasteiger partial charge in [-0.2, -0.15) is 5.10 Å². The van der Waals surface area contributed by atoms with Crippen LogP contribution in [0, 0.1) is 27.7 Å². The molecule has 0 aromatic heterocycles.